The quantitative estimate of drug-likeness (QED) is 0.482. The summed E-state index contributed by atoms with van der Waals surface area (Å²) in [5.41, 5.74) is 7.68. The summed E-state index contributed by atoms with van der Waals surface area (Å²) in [7, 11) is 0. The first-order valence-electron chi connectivity index (χ1n) is 14.6. The number of hydrazine groups is 1. The number of benzene rings is 1. The number of aromatic nitrogens is 2. The predicted molar refractivity (Wildman–Crippen MR) is 147 cm³/mol. The number of amides is 2. The van der Waals surface area contributed by atoms with Crippen LogP contribution in [0.5, 0.6) is 0 Å². The minimum absolute atomic E-state index is 0.0817. The molecule has 2 saturated carbocycles. The first-order valence-corrected chi connectivity index (χ1v) is 14.6. The van der Waals surface area contributed by atoms with Crippen LogP contribution in [0.3, 0.4) is 0 Å². The Labute approximate surface area is 225 Å². The van der Waals surface area contributed by atoms with Gasteiger partial charge in [-0.15, -0.1) is 0 Å². The van der Waals surface area contributed by atoms with Crippen molar-refractivity contribution < 1.29 is 9.59 Å². The van der Waals surface area contributed by atoms with Gasteiger partial charge in [0.15, 0.2) is 0 Å². The normalized spacial score (nSPS) is 32.2. The van der Waals surface area contributed by atoms with E-state index in [0.29, 0.717) is 18.3 Å². The van der Waals surface area contributed by atoms with Crippen molar-refractivity contribution in [3.05, 3.63) is 47.3 Å². The van der Waals surface area contributed by atoms with Crippen LogP contribution >= 0.6 is 0 Å². The van der Waals surface area contributed by atoms with Gasteiger partial charge in [-0.1, -0.05) is 26.0 Å². The number of aromatic amines is 1. The minimum atomic E-state index is -0.666. The first kappa shape index (κ1) is 25.6. The molecule has 0 spiro atoms. The molecule has 2 aliphatic heterocycles. The third-order valence-corrected chi connectivity index (χ3v) is 9.21. The van der Waals surface area contributed by atoms with Gasteiger partial charge < -0.3 is 10.2 Å². The lowest BCUT2D eigenvalue weighted by molar-refractivity contribution is -0.149. The Morgan fingerprint density at radius 3 is 2.68 bits per heavy atom. The molecular formula is C30H42N6O2. The maximum Gasteiger partial charge on any atom is 0.249 e. The van der Waals surface area contributed by atoms with Crippen LogP contribution in [0.25, 0.3) is 0 Å². The molecule has 2 aliphatic carbocycles. The fraction of sp³-hybridized carbons (Fsp3) is 0.633. The number of nitrogens with zero attached hydrogens (tertiary/aromatic N) is 3. The molecule has 2 aromatic rings. The smallest absolute Gasteiger partial charge is 0.249 e. The van der Waals surface area contributed by atoms with Crippen molar-refractivity contribution in [3.63, 3.8) is 0 Å². The summed E-state index contributed by atoms with van der Waals surface area (Å²) in [6, 6.07) is 8.53. The Hall–Kier alpha value is -2.71. The van der Waals surface area contributed by atoms with E-state index in [2.05, 4.69) is 58.7 Å². The molecule has 2 saturated heterocycles. The number of rotatable bonds is 7. The lowest BCUT2D eigenvalue weighted by Gasteiger charge is -2.47. The van der Waals surface area contributed by atoms with Crippen LogP contribution in [0.15, 0.2) is 30.5 Å². The lowest BCUT2D eigenvalue weighted by Crippen LogP contribution is -2.62. The summed E-state index contributed by atoms with van der Waals surface area (Å²) in [4.78, 5) is 29.5. The molecule has 1 aromatic heterocycles. The average molecular weight is 519 g/mol. The lowest BCUT2D eigenvalue weighted by atomic mass is 9.57. The number of aryl methyl sites for hydroxylation is 1. The van der Waals surface area contributed by atoms with Crippen LogP contribution in [-0.4, -0.2) is 63.6 Å². The van der Waals surface area contributed by atoms with E-state index in [1.54, 1.807) is 5.01 Å². The minimum Gasteiger partial charge on any atom is -0.325 e. The molecule has 204 valence electrons. The molecule has 0 radical (unpaired) electrons. The SMILES string of the molecule is Cc1cn[nH]c1C1(c2cccc(NC(=O)C3CC(CN4CCC[C@H](C)C4)NN(C4CC4)C3=O)c2)CC(C)C1. The third-order valence-electron chi connectivity index (χ3n) is 9.21. The summed E-state index contributed by atoms with van der Waals surface area (Å²) in [6.07, 6.45) is 9.05. The number of hydrogen-bond donors (Lipinski definition) is 3. The average Bonchev–Trinajstić information content (AvgIpc) is 3.63. The van der Waals surface area contributed by atoms with Gasteiger partial charge in [0.2, 0.25) is 11.8 Å². The molecule has 4 fully saturated rings. The zero-order valence-corrected chi connectivity index (χ0v) is 23.0. The second-order valence-corrected chi connectivity index (χ2v) is 12.7. The molecule has 2 unspecified atom stereocenters. The van der Waals surface area contributed by atoms with E-state index in [-0.39, 0.29) is 29.3 Å². The molecule has 8 nitrogen and oxygen atoms in total. The number of nitrogens with one attached hydrogen (secondary N) is 3. The van der Waals surface area contributed by atoms with E-state index in [1.807, 2.05) is 18.3 Å². The summed E-state index contributed by atoms with van der Waals surface area (Å²) >= 11 is 0. The summed E-state index contributed by atoms with van der Waals surface area (Å²) in [5.74, 6) is 0.399. The van der Waals surface area contributed by atoms with Gasteiger partial charge in [-0.25, -0.2) is 5.43 Å². The van der Waals surface area contributed by atoms with Crippen LogP contribution < -0.4 is 10.7 Å². The number of piperidine rings is 1. The van der Waals surface area contributed by atoms with E-state index in [9.17, 15) is 9.59 Å². The number of hydrogen-bond acceptors (Lipinski definition) is 5. The van der Waals surface area contributed by atoms with Crippen molar-refractivity contribution in [1.82, 2.24) is 25.5 Å². The van der Waals surface area contributed by atoms with Gasteiger partial charge in [-0.05, 0) is 93.5 Å². The standard InChI is InChI=1S/C30H42N6O2/c1-19-6-5-11-35(17-19)18-24-13-26(29(38)36(34-24)25-9-10-25)28(37)32-23-8-4-7-22(12-23)30(14-20(2)15-30)27-21(3)16-31-33-27/h4,7-8,12,16,19-20,24-26,34H,5-6,9-11,13-15,17-18H2,1-3H3,(H,31,33)(H,32,37)/t19-,20?,24?,26?,30?/m0/s1. The van der Waals surface area contributed by atoms with Crippen molar-refractivity contribution in [2.24, 2.45) is 17.8 Å². The van der Waals surface area contributed by atoms with E-state index in [4.69, 9.17) is 0 Å². The topological polar surface area (TPSA) is 93.4 Å². The van der Waals surface area contributed by atoms with Gasteiger partial charge in [-0.2, -0.15) is 5.10 Å². The molecular weight excluding hydrogens is 476 g/mol. The summed E-state index contributed by atoms with van der Waals surface area (Å²) in [5, 5.41) is 12.5. The number of carbonyl (C=O) groups is 2. The van der Waals surface area contributed by atoms with E-state index < -0.39 is 5.92 Å². The monoisotopic (exact) mass is 518 g/mol. The summed E-state index contributed by atoms with van der Waals surface area (Å²) < 4.78 is 0. The van der Waals surface area contributed by atoms with Crippen LogP contribution in [0.4, 0.5) is 5.69 Å². The zero-order valence-electron chi connectivity index (χ0n) is 23.0. The highest BCUT2D eigenvalue weighted by Crippen LogP contribution is 2.52. The second kappa shape index (κ2) is 10.1. The highest BCUT2D eigenvalue weighted by molar-refractivity contribution is 6.06. The molecule has 6 rings (SSSR count). The Bertz CT molecular complexity index is 1180. The van der Waals surface area contributed by atoms with Crippen LogP contribution in [-0.2, 0) is 15.0 Å². The first-order chi connectivity index (χ1) is 18.3. The van der Waals surface area contributed by atoms with Gasteiger partial charge in [0.1, 0.15) is 5.92 Å². The Morgan fingerprint density at radius 1 is 1.18 bits per heavy atom. The van der Waals surface area contributed by atoms with Crippen LogP contribution in [0.1, 0.15) is 75.6 Å². The van der Waals surface area contributed by atoms with Gasteiger partial charge in [0, 0.05) is 42.0 Å². The fourth-order valence-corrected chi connectivity index (χ4v) is 7.25. The van der Waals surface area contributed by atoms with E-state index in [1.165, 1.54) is 29.7 Å². The van der Waals surface area contributed by atoms with Crippen molar-refractivity contribution >= 4 is 17.5 Å². The molecule has 2 amide bonds. The number of carbonyl (C=O) groups excluding carboxylic acids is 2. The number of H-pyrrole nitrogens is 1. The van der Waals surface area contributed by atoms with E-state index >= 15 is 0 Å². The predicted octanol–water partition coefficient (Wildman–Crippen LogP) is 3.99. The fourth-order valence-electron chi connectivity index (χ4n) is 7.25. The largest absolute Gasteiger partial charge is 0.325 e. The van der Waals surface area contributed by atoms with Crippen molar-refractivity contribution in [2.75, 3.05) is 25.0 Å². The number of anilines is 1. The van der Waals surface area contributed by atoms with Crippen molar-refractivity contribution in [3.8, 4) is 0 Å². The molecule has 1 aromatic carbocycles. The number of likely N-dealkylation sites (tertiary alicyclic amines) is 1. The second-order valence-electron chi connectivity index (χ2n) is 12.7. The maximum absolute atomic E-state index is 13.6. The molecule has 3 N–H and O–H groups in total. The van der Waals surface area contributed by atoms with Gasteiger partial charge in [-0.3, -0.25) is 19.7 Å². The van der Waals surface area contributed by atoms with Crippen molar-refractivity contribution in [2.45, 2.75) is 83.2 Å². The Morgan fingerprint density at radius 2 is 2.00 bits per heavy atom. The molecule has 4 aliphatic rings. The van der Waals surface area contributed by atoms with Gasteiger partial charge >= 0.3 is 0 Å². The Balaban J connectivity index is 1.19. The van der Waals surface area contributed by atoms with Crippen LogP contribution in [0, 0.1) is 24.7 Å². The van der Waals surface area contributed by atoms with Gasteiger partial charge in [0.05, 0.1) is 6.20 Å². The molecule has 38 heavy (non-hydrogen) atoms. The van der Waals surface area contributed by atoms with E-state index in [0.717, 1.165) is 51.0 Å². The summed E-state index contributed by atoms with van der Waals surface area (Å²) in [6.45, 7) is 9.77. The molecule has 0 bridgehead atoms. The molecule has 3 atom stereocenters. The zero-order chi connectivity index (χ0) is 26.4. The Kier molecular flexibility index (Phi) is 6.80. The molecule has 3 heterocycles. The van der Waals surface area contributed by atoms with Gasteiger partial charge in [0.25, 0.3) is 0 Å². The molecule has 8 heteroatoms. The highest BCUT2D eigenvalue weighted by Gasteiger charge is 2.47. The highest BCUT2D eigenvalue weighted by atomic mass is 16.2. The van der Waals surface area contributed by atoms with Crippen molar-refractivity contribution in [1.29, 1.82) is 0 Å². The maximum atomic E-state index is 13.6. The van der Waals surface area contributed by atoms with Crippen LogP contribution in [0.2, 0.25) is 0 Å². The third kappa shape index (κ3) is 4.89.